The largest absolute Gasteiger partial charge is 0.482 e. The van der Waals surface area contributed by atoms with E-state index in [1.165, 1.54) is 0 Å². The second kappa shape index (κ2) is 7.91. The van der Waals surface area contributed by atoms with Crippen LogP contribution in [0, 0.1) is 5.82 Å². The van der Waals surface area contributed by atoms with Crippen LogP contribution in [-0.2, 0) is 4.79 Å². The molecule has 20 heavy (non-hydrogen) atoms. The van der Waals surface area contributed by atoms with Crippen molar-refractivity contribution < 1.29 is 27.1 Å². The van der Waals surface area contributed by atoms with Crippen LogP contribution in [0.1, 0.15) is 6.42 Å². The van der Waals surface area contributed by atoms with Crippen LogP contribution in [0.2, 0.25) is 0 Å². The molecule has 0 spiro atoms. The molecular formula is C11H13ClF4N2O2. The molecule has 9 heteroatoms. The summed E-state index contributed by atoms with van der Waals surface area (Å²) in [6, 6.07) is 2.82. The Balaban J connectivity index is 0.00000361. The third-order valence-electron chi connectivity index (χ3n) is 1.98. The Labute approximate surface area is 118 Å². The molecule has 0 aliphatic heterocycles. The summed E-state index contributed by atoms with van der Waals surface area (Å²) in [5, 5.41) is 2.24. The minimum Gasteiger partial charge on any atom is -0.482 e. The zero-order valence-electron chi connectivity index (χ0n) is 10.2. The van der Waals surface area contributed by atoms with Gasteiger partial charge in [-0.1, -0.05) is 0 Å². The van der Waals surface area contributed by atoms with Gasteiger partial charge in [0.25, 0.3) is 0 Å². The van der Waals surface area contributed by atoms with Crippen molar-refractivity contribution in [3.8, 4) is 5.75 Å². The van der Waals surface area contributed by atoms with Gasteiger partial charge in [0.05, 0.1) is 5.69 Å². The highest BCUT2D eigenvalue weighted by molar-refractivity contribution is 5.92. The third kappa shape index (κ3) is 6.58. The first kappa shape index (κ1) is 18.5. The van der Waals surface area contributed by atoms with Crippen molar-refractivity contribution >= 4 is 24.0 Å². The van der Waals surface area contributed by atoms with Gasteiger partial charge in [0.15, 0.2) is 6.61 Å². The molecule has 0 aromatic heterocycles. The number of halogens is 5. The summed E-state index contributed by atoms with van der Waals surface area (Å²) < 4.78 is 53.6. The van der Waals surface area contributed by atoms with Gasteiger partial charge in [0.2, 0.25) is 5.91 Å². The molecule has 0 saturated carbocycles. The lowest BCUT2D eigenvalue weighted by atomic mass is 10.2. The van der Waals surface area contributed by atoms with E-state index >= 15 is 0 Å². The van der Waals surface area contributed by atoms with E-state index in [1.807, 2.05) is 0 Å². The summed E-state index contributed by atoms with van der Waals surface area (Å²) in [6.45, 7) is -1.46. The first-order valence-electron chi connectivity index (χ1n) is 5.31. The molecule has 0 aliphatic carbocycles. The van der Waals surface area contributed by atoms with Gasteiger partial charge in [-0.25, -0.2) is 4.39 Å². The summed E-state index contributed by atoms with van der Waals surface area (Å²) >= 11 is 0. The fourth-order valence-corrected chi connectivity index (χ4v) is 1.23. The molecule has 0 unspecified atom stereocenters. The summed E-state index contributed by atoms with van der Waals surface area (Å²) in [6.07, 6.45) is -4.55. The van der Waals surface area contributed by atoms with E-state index in [0.29, 0.717) is 0 Å². The van der Waals surface area contributed by atoms with E-state index in [0.717, 1.165) is 18.2 Å². The lowest BCUT2D eigenvalue weighted by Crippen LogP contribution is -2.21. The average Bonchev–Trinajstić information content (AvgIpc) is 2.27. The van der Waals surface area contributed by atoms with Crippen molar-refractivity contribution in [1.82, 2.24) is 0 Å². The molecule has 1 aromatic carbocycles. The standard InChI is InChI=1S/C11H12F4N2O2.ClH/c12-7-1-2-9(19-6-11(13,14)15)8(5-7)17-10(18)3-4-16;/h1-2,5H,3-4,6,16H2,(H,17,18);1H. The molecular weight excluding hydrogens is 304 g/mol. The molecule has 0 radical (unpaired) electrons. The van der Waals surface area contributed by atoms with Crippen LogP contribution in [-0.4, -0.2) is 25.2 Å². The van der Waals surface area contributed by atoms with Gasteiger partial charge >= 0.3 is 6.18 Å². The highest BCUT2D eigenvalue weighted by Crippen LogP contribution is 2.27. The Morgan fingerprint density at radius 2 is 2.00 bits per heavy atom. The van der Waals surface area contributed by atoms with Gasteiger partial charge in [-0.15, -0.1) is 12.4 Å². The Kier molecular flexibility index (Phi) is 7.30. The predicted molar refractivity (Wildman–Crippen MR) is 67.5 cm³/mol. The zero-order chi connectivity index (χ0) is 14.5. The molecule has 1 rings (SSSR count). The molecule has 0 fully saturated rings. The van der Waals surface area contributed by atoms with Crippen molar-refractivity contribution in [3.05, 3.63) is 24.0 Å². The van der Waals surface area contributed by atoms with E-state index in [9.17, 15) is 22.4 Å². The maximum absolute atomic E-state index is 13.0. The normalized spacial score (nSPS) is 10.7. The maximum atomic E-state index is 13.0. The lowest BCUT2D eigenvalue weighted by Gasteiger charge is -2.13. The van der Waals surface area contributed by atoms with E-state index in [4.69, 9.17) is 5.73 Å². The molecule has 0 atom stereocenters. The lowest BCUT2D eigenvalue weighted by molar-refractivity contribution is -0.153. The van der Waals surface area contributed by atoms with Gasteiger partial charge in [-0.2, -0.15) is 13.2 Å². The second-order valence-electron chi connectivity index (χ2n) is 3.63. The number of alkyl halides is 3. The quantitative estimate of drug-likeness (QED) is 0.820. The van der Waals surface area contributed by atoms with E-state index in [1.54, 1.807) is 0 Å². The van der Waals surface area contributed by atoms with Crippen LogP contribution in [0.5, 0.6) is 5.75 Å². The summed E-state index contributed by atoms with van der Waals surface area (Å²) in [5.74, 6) is -1.50. The van der Waals surface area contributed by atoms with Gasteiger partial charge in [0.1, 0.15) is 11.6 Å². The number of hydrogen-bond acceptors (Lipinski definition) is 3. The number of carbonyl (C=O) groups is 1. The third-order valence-corrected chi connectivity index (χ3v) is 1.98. The highest BCUT2D eigenvalue weighted by Gasteiger charge is 2.29. The number of benzene rings is 1. The molecule has 0 heterocycles. The van der Waals surface area contributed by atoms with Gasteiger partial charge < -0.3 is 15.8 Å². The van der Waals surface area contributed by atoms with E-state index in [-0.39, 0.29) is 36.8 Å². The fraction of sp³-hybridized carbons (Fsp3) is 0.364. The molecule has 3 N–H and O–H groups in total. The average molecular weight is 317 g/mol. The SMILES string of the molecule is Cl.NCCC(=O)Nc1cc(F)ccc1OCC(F)(F)F. The fourth-order valence-electron chi connectivity index (χ4n) is 1.23. The molecule has 1 amide bonds. The van der Waals surface area contributed by atoms with E-state index in [2.05, 4.69) is 10.1 Å². The molecule has 0 bridgehead atoms. The molecule has 0 saturated heterocycles. The molecule has 4 nitrogen and oxygen atoms in total. The topological polar surface area (TPSA) is 64.4 Å². The summed E-state index contributed by atoms with van der Waals surface area (Å²) in [5.41, 5.74) is 4.99. The van der Waals surface area contributed by atoms with Crippen LogP contribution < -0.4 is 15.8 Å². The molecule has 114 valence electrons. The highest BCUT2D eigenvalue weighted by atomic mass is 35.5. The number of carbonyl (C=O) groups excluding carboxylic acids is 1. The second-order valence-corrected chi connectivity index (χ2v) is 3.63. The van der Waals surface area contributed by atoms with Crippen LogP contribution in [0.25, 0.3) is 0 Å². The van der Waals surface area contributed by atoms with Crippen molar-refractivity contribution in [2.75, 3.05) is 18.5 Å². The Hall–Kier alpha value is -1.54. The Bertz CT molecular complexity index is 455. The number of anilines is 1. The van der Waals surface area contributed by atoms with Crippen molar-refractivity contribution in [2.45, 2.75) is 12.6 Å². The number of ether oxygens (including phenoxy) is 1. The number of amides is 1. The van der Waals surface area contributed by atoms with Gasteiger partial charge in [-0.3, -0.25) is 4.79 Å². The number of nitrogens with two attached hydrogens (primary N) is 1. The van der Waals surface area contributed by atoms with Gasteiger partial charge in [-0.05, 0) is 12.1 Å². The van der Waals surface area contributed by atoms with Crippen molar-refractivity contribution in [3.63, 3.8) is 0 Å². The minimum atomic E-state index is -4.52. The maximum Gasteiger partial charge on any atom is 0.422 e. The Morgan fingerprint density at radius 1 is 1.35 bits per heavy atom. The monoisotopic (exact) mass is 316 g/mol. The number of rotatable bonds is 5. The van der Waals surface area contributed by atoms with Crippen molar-refractivity contribution in [2.24, 2.45) is 5.73 Å². The van der Waals surface area contributed by atoms with E-state index < -0.39 is 24.5 Å². The number of hydrogen-bond donors (Lipinski definition) is 2. The van der Waals surface area contributed by atoms with Crippen LogP contribution in [0.4, 0.5) is 23.2 Å². The molecule has 1 aromatic rings. The Morgan fingerprint density at radius 3 is 2.55 bits per heavy atom. The minimum absolute atomic E-state index is 0. The predicted octanol–water partition coefficient (Wildman–Crippen LogP) is 2.48. The zero-order valence-corrected chi connectivity index (χ0v) is 11.0. The van der Waals surface area contributed by atoms with Crippen LogP contribution in [0.15, 0.2) is 18.2 Å². The van der Waals surface area contributed by atoms with Crippen molar-refractivity contribution in [1.29, 1.82) is 0 Å². The number of nitrogens with one attached hydrogen (secondary N) is 1. The summed E-state index contributed by atoms with van der Waals surface area (Å²) in [4.78, 5) is 11.3. The summed E-state index contributed by atoms with van der Waals surface area (Å²) in [7, 11) is 0. The van der Waals surface area contributed by atoms with Crippen LogP contribution in [0.3, 0.4) is 0 Å². The van der Waals surface area contributed by atoms with Crippen LogP contribution >= 0.6 is 12.4 Å². The molecule has 0 aliphatic rings. The first-order valence-corrected chi connectivity index (χ1v) is 5.31. The van der Waals surface area contributed by atoms with Gasteiger partial charge in [0, 0.05) is 19.0 Å². The smallest absolute Gasteiger partial charge is 0.422 e. The first-order chi connectivity index (χ1) is 8.81.